The van der Waals surface area contributed by atoms with E-state index in [9.17, 15) is 9.59 Å². The van der Waals surface area contributed by atoms with Gasteiger partial charge in [0.05, 0.1) is 24.3 Å². The van der Waals surface area contributed by atoms with Crippen LogP contribution in [-0.2, 0) is 16.1 Å². The van der Waals surface area contributed by atoms with Crippen LogP contribution in [0.15, 0.2) is 66.7 Å². The summed E-state index contributed by atoms with van der Waals surface area (Å²) in [6.45, 7) is 2.51. The number of nitrogens with zero attached hydrogens (tertiary/aromatic N) is 1. The number of ether oxygens (including phenoxy) is 1. The first-order valence-corrected chi connectivity index (χ1v) is 10.3. The minimum absolute atomic E-state index is 0.0472. The summed E-state index contributed by atoms with van der Waals surface area (Å²) in [5.41, 5.74) is 2.16. The molecule has 1 unspecified atom stereocenters. The van der Waals surface area contributed by atoms with Gasteiger partial charge in [0.1, 0.15) is 0 Å². The second kappa shape index (κ2) is 9.09. The monoisotopic (exact) mass is 402 g/mol. The lowest BCUT2D eigenvalue weighted by Gasteiger charge is -2.32. The van der Waals surface area contributed by atoms with E-state index in [1.54, 1.807) is 24.3 Å². The molecule has 0 bridgehead atoms. The zero-order valence-electron chi connectivity index (χ0n) is 17.1. The molecule has 1 saturated heterocycles. The van der Waals surface area contributed by atoms with E-state index in [1.807, 2.05) is 0 Å². The predicted molar refractivity (Wildman–Crippen MR) is 118 cm³/mol. The van der Waals surface area contributed by atoms with E-state index < -0.39 is 5.97 Å². The molecule has 0 spiro atoms. The SMILES string of the molecule is COC(=O)c1ccccc1NC(=O)C1CCCN(Cc2cccc3ccccc23)C1. The Morgan fingerprint density at radius 1 is 1.03 bits per heavy atom. The molecule has 1 fully saturated rings. The lowest BCUT2D eigenvalue weighted by atomic mass is 9.95. The molecule has 5 heteroatoms. The Hall–Kier alpha value is -3.18. The molecular formula is C25H26N2O3. The third-order valence-electron chi connectivity index (χ3n) is 5.74. The standard InChI is InChI=1S/C25H26N2O3/c1-30-25(29)22-13-4-5-14-23(22)26-24(28)20-11-7-15-27(17-20)16-19-10-6-9-18-8-2-3-12-21(18)19/h2-6,8-10,12-14,20H,7,11,15-17H2,1H3,(H,26,28). The Bertz CT molecular complexity index is 1060. The van der Waals surface area contributed by atoms with Gasteiger partial charge in [-0.25, -0.2) is 4.79 Å². The van der Waals surface area contributed by atoms with Crippen LogP contribution in [0, 0.1) is 5.92 Å². The van der Waals surface area contributed by atoms with Crippen molar-refractivity contribution >= 4 is 28.3 Å². The van der Waals surface area contributed by atoms with E-state index in [2.05, 4.69) is 52.7 Å². The summed E-state index contributed by atoms with van der Waals surface area (Å²) >= 11 is 0. The topological polar surface area (TPSA) is 58.6 Å². The number of amides is 1. The lowest BCUT2D eigenvalue weighted by molar-refractivity contribution is -0.121. The van der Waals surface area contributed by atoms with Gasteiger partial charge in [0.25, 0.3) is 0 Å². The Labute approximate surface area is 176 Å². The Morgan fingerprint density at radius 3 is 2.67 bits per heavy atom. The molecular weight excluding hydrogens is 376 g/mol. The summed E-state index contributed by atoms with van der Waals surface area (Å²) in [5.74, 6) is -0.611. The normalized spacial score (nSPS) is 16.9. The molecule has 4 rings (SSSR count). The molecule has 1 atom stereocenters. The molecule has 0 aromatic heterocycles. The van der Waals surface area contributed by atoms with Gasteiger partial charge in [-0.2, -0.15) is 0 Å². The number of carbonyl (C=O) groups excluding carboxylic acids is 2. The lowest BCUT2D eigenvalue weighted by Crippen LogP contribution is -2.40. The summed E-state index contributed by atoms with van der Waals surface area (Å²) in [5, 5.41) is 5.44. The Kier molecular flexibility index (Phi) is 6.10. The number of anilines is 1. The number of hydrogen-bond acceptors (Lipinski definition) is 4. The number of methoxy groups -OCH3 is 1. The van der Waals surface area contributed by atoms with Crippen LogP contribution in [0.25, 0.3) is 10.8 Å². The van der Waals surface area contributed by atoms with Crippen molar-refractivity contribution in [1.29, 1.82) is 0 Å². The van der Waals surface area contributed by atoms with E-state index in [0.29, 0.717) is 17.8 Å². The highest BCUT2D eigenvalue weighted by atomic mass is 16.5. The molecule has 3 aromatic rings. The molecule has 1 aliphatic rings. The number of benzene rings is 3. The number of fused-ring (bicyclic) bond motifs is 1. The fourth-order valence-electron chi connectivity index (χ4n) is 4.20. The number of hydrogen-bond donors (Lipinski definition) is 1. The molecule has 5 nitrogen and oxygen atoms in total. The van der Waals surface area contributed by atoms with Crippen LogP contribution in [0.5, 0.6) is 0 Å². The maximum Gasteiger partial charge on any atom is 0.339 e. The number of likely N-dealkylation sites (tertiary alicyclic amines) is 1. The van der Waals surface area contributed by atoms with Crippen LogP contribution < -0.4 is 5.32 Å². The second-order valence-corrected chi connectivity index (χ2v) is 7.74. The zero-order chi connectivity index (χ0) is 20.9. The van der Waals surface area contributed by atoms with Crippen LogP contribution >= 0.6 is 0 Å². The van der Waals surface area contributed by atoms with Crippen molar-refractivity contribution in [2.45, 2.75) is 19.4 Å². The minimum Gasteiger partial charge on any atom is -0.465 e. The van der Waals surface area contributed by atoms with E-state index in [-0.39, 0.29) is 11.8 Å². The van der Waals surface area contributed by atoms with E-state index in [4.69, 9.17) is 4.74 Å². The number of carbonyl (C=O) groups is 2. The molecule has 3 aromatic carbocycles. The summed E-state index contributed by atoms with van der Waals surface area (Å²) in [6.07, 6.45) is 1.82. The summed E-state index contributed by atoms with van der Waals surface area (Å²) in [6, 6.07) is 21.8. The van der Waals surface area contributed by atoms with Gasteiger partial charge in [-0.15, -0.1) is 0 Å². The van der Waals surface area contributed by atoms with E-state index in [0.717, 1.165) is 25.9 Å². The van der Waals surface area contributed by atoms with Crippen LogP contribution in [0.3, 0.4) is 0 Å². The fraction of sp³-hybridized carbons (Fsp3) is 0.280. The highest BCUT2D eigenvalue weighted by Crippen LogP contribution is 2.25. The van der Waals surface area contributed by atoms with Gasteiger partial charge >= 0.3 is 5.97 Å². The molecule has 1 amide bonds. The fourth-order valence-corrected chi connectivity index (χ4v) is 4.20. The van der Waals surface area contributed by atoms with Crippen LogP contribution in [0.1, 0.15) is 28.8 Å². The van der Waals surface area contributed by atoms with Crippen molar-refractivity contribution in [2.75, 3.05) is 25.5 Å². The van der Waals surface area contributed by atoms with E-state index >= 15 is 0 Å². The molecule has 1 heterocycles. The number of piperidine rings is 1. The van der Waals surface area contributed by atoms with Crippen molar-refractivity contribution in [3.63, 3.8) is 0 Å². The highest BCUT2D eigenvalue weighted by Gasteiger charge is 2.27. The molecule has 0 aliphatic carbocycles. The average Bonchev–Trinajstić information content (AvgIpc) is 2.79. The maximum absolute atomic E-state index is 13.0. The predicted octanol–water partition coefficient (Wildman–Crippen LogP) is 4.48. The van der Waals surface area contributed by atoms with Crippen LogP contribution in [-0.4, -0.2) is 37.0 Å². The molecule has 154 valence electrons. The van der Waals surface area contributed by atoms with Gasteiger partial charge < -0.3 is 10.1 Å². The third kappa shape index (κ3) is 4.36. The second-order valence-electron chi connectivity index (χ2n) is 7.74. The van der Waals surface area contributed by atoms with Crippen molar-refractivity contribution in [3.8, 4) is 0 Å². The van der Waals surface area contributed by atoms with Crippen LogP contribution in [0.2, 0.25) is 0 Å². The van der Waals surface area contributed by atoms with Crippen LogP contribution in [0.4, 0.5) is 5.69 Å². The number of rotatable bonds is 5. The summed E-state index contributed by atoms with van der Waals surface area (Å²) in [7, 11) is 1.34. The number of esters is 1. The molecule has 0 radical (unpaired) electrons. The number of nitrogens with one attached hydrogen (secondary N) is 1. The summed E-state index contributed by atoms with van der Waals surface area (Å²) < 4.78 is 4.82. The van der Waals surface area contributed by atoms with Crippen molar-refractivity contribution in [3.05, 3.63) is 77.9 Å². The molecule has 30 heavy (non-hydrogen) atoms. The zero-order valence-corrected chi connectivity index (χ0v) is 17.1. The smallest absolute Gasteiger partial charge is 0.339 e. The van der Waals surface area contributed by atoms with Crippen molar-refractivity contribution < 1.29 is 14.3 Å². The first kappa shape index (κ1) is 20.1. The van der Waals surface area contributed by atoms with Gasteiger partial charge in [0.15, 0.2) is 0 Å². The van der Waals surface area contributed by atoms with Gasteiger partial charge in [0, 0.05) is 13.1 Å². The molecule has 1 aliphatic heterocycles. The van der Waals surface area contributed by atoms with Crippen molar-refractivity contribution in [2.24, 2.45) is 5.92 Å². The van der Waals surface area contributed by atoms with Gasteiger partial charge in [-0.1, -0.05) is 54.6 Å². The first-order chi connectivity index (χ1) is 14.7. The Morgan fingerprint density at radius 2 is 1.80 bits per heavy atom. The van der Waals surface area contributed by atoms with Gasteiger partial charge in [-0.3, -0.25) is 9.69 Å². The minimum atomic E-state index is -0.452. The van der Waals surface area contributed by atoms with Gasteiger partial charge in [0.2, 0.25) is 5.91 Å². The first-order valence-electron chi connectivity index (χ1n) is 10.3. The number of para-hydroxylation sites is 1. The molecule has 0 saturated carbocycles. The Balaban J connectivity index is 1.45. The van der Waals surface area contributed by atoms with Gasteiger partial charge in [-0.05, 0) is 47.9 Å². The summed E-state index contributed by atoms with van der Waals surface area (Å²) in [4.78, 5) is 27.3. The quantitative estimate of drug-likeness (QED) is 0.640. The van der Waals surface area contributed by atoms with E-state index in [1.165, 1.54) is 23.4 Å². The third-order valence-corrected chi connectivity index (χ3v) is 5.74. The van der Waals surface area contributed by atoms with Crippen molar-refractivity contribution in [1.82, 2.24) is 4.90 Å². The highest BCUT2D eigenvalue weighted by molar-refractivity contribution is 6.01. The maximum atomic E-state index is 13.0. The average molecular weight is 402 g/mol. The molecule has 1 N–H and O–H groups in total. The largest absolute Gasteiger partial charge is 0.465 e.